The summed E-state index contributed by atoms with van der Waals surface area (Å²) in [7, 11) is 0. The van der Waals surface area contributed by atoms with Crippen molar-refractivity contribution in [3.63, 3.8) is 0 Å². The highest BCUT2D eigenvalue weighted by atomic mass is 16.2. The van der Waals surface area contributed by atoms with Crippen LogP contribution in [0.15, 0.2) is 48.5 Å². The van der Waals surface area contributed by atoms with Gasteiger partial charge in [0.15, 0.2) is 0 Å². The Morgan fingerprint density at radius 2 is 1.50 bits per heavy atom. The Morgan fingerprint density at radius 3 is 2.25 bits per heavy atom. The van der Waals surface area contributed by atoms with E-state index in [1.54, 1.807) is 0 Å². The number of anilines is 1. The number of hydrogen-bond donors (Lipinski definition) is 0. The summed E-state index contributed by atoms with van der Waals surface area (Å²) in [6.45, 7) is 4.19. The third kappa shape index (κ3) is 5.79. The number of fused-ring (bicyclic) bond motifs is 1. The predicted molar refractivity (Wildman–Crippen MR) is 130 cm³/mol. The van der Waals surface area contributed by atoms with E-state index in [1.165, 1.54) is 12.8 Å². The largest absolute Gasteiger partial charge is 0.338 e. The monoisotopic (exact) mass is 432 g/mol. The smallest absolute Gasteiger partial charge is 0.230 e. The molecule has 1 saturated carbocycles. The summed E-state index contributed by atoms with van der Waals surface area (Å²) in [6, 6.07) is 16.4. The summed E-state index contributed by atoms with van der Waals surface area (Å²) in [6.07, 6.45) is 9.24. The first-order valence-corrected chi connectivity index (χ1v) is 12.3. The molecule has 0 aromatic heterocycles. The molecule has 2 aromatic carbocycles. The molecule has 2 aliphatic rings. The molecule has 0 radical (unpaired) electrons. The quantitative estimate of drug-likeness (QED) is 0.628. The molecule has 2 amide bonds. The number of benzene rings is 2. The highest BCUT2D eigenvalue weighted by Gasteiger charge is 2.34. The number of rotatable bonds is 3. The van der Waals surface area contributed by atoms with Gasteiger partial charge >= 0.3 is 0 Å². The Morgan fingerprint density at radius 1 is 0.844 bits per heavy atom. The van der Waals surface area contributed by atoms with Crippen molar-refractivity contribution in [1.29, 1.82) is 0 Å². The number of aryl methyl sites for hydroxylation is 1. The zero-order valence-electron chi connectivity index (χ0n) is 19.4. The van der Waals surface area contributed by atoms with Crippen LogP contribution in [0.1, 0.15) is 68.1 Å². The van der Waals surface area contributed by atoms with Crippen LogP contribution in [0, 0.1) is 12.8 Å². The normalized spacial score (nSPS) is 18.2. The molecule has 0 saturated heterocycles. The molecule has 0 N–H and O–H groups in total. The average Bonchev–Trinajstić information content (AvgIpc) is 3.64. The van der Waals surface area contributed by atoms with Crippen LogP contribution in [0.25, 0.3) is 0 Å². The molecule has 2 aromatic rings. The van der Waals surface area contributed by atoms with Gasteiger partial charge in [-0.2, -0.15) is 0 Å². The number of carbonyl (C=O) groups is 2. The lowest BCUT2D eigenvalue weighted by Crippen LogP contribution is -2.36. The third-order valence-electron chi connectivity index (χ3n) is 6.85. The highest BCUT2D eigenvalue weighted by Crippen LogP contribution is 2.34. The van der Waals surface area contributed by atoms with Crippen molar-refractivity contribution in [2.24, 2.45) is 5.92 Å². The lowest BCUT2D eigenvalue weighted by Gasteiger charge is -2.29. The van der Waals surface area contributed by atoms with E-state index in [2.05, 4.69) is 31.2 Å². The van der Waals surface area contributed by atoms with E-state index in [0.29, 0.717) is 13.0 Å². The van der Waals surface area contributed by atoms with E-state index in [9.17, 15) is 9.59 Å². The highest BCUT2D eigenvalue weighted by molar-refractivity contribution is 5.97. The molecule has 1 heterocycles. The number of nitrogens with zero attached hydrogens (tertiary/aromatic N) is 2. The van der Waals surface area contributed by atoms with Gasteiger partial charge < -0.3 is 9.80 Å². The van der Waals surface area contributed by atoms with Gasteiger partial charge in [-0.25, -0.2) is 0 Å². The van der Waals surface area contributed by atoms with Crippen LogP contribution < -0.4 is 4.90 Å². The molecule has 4 rings (SSSR count). The van der Waals surface area contributed by atoms with Crippen molar-refractivity contribution in [1.82, 2.24) is 4.90 Å². The second-order valence-electron chi connectivity index (χ2n) is 9.43. The molecule has 0 unspecified atom stereocenters. The van der Waals surface area contributed by atoms with Crippen molar-refractivity contribution >= 4 is 17.5 Å². The average molecular weight is 433 g/mol. The van der Waals surface area contributed by atoms with Crippen LogP contribution in [0.4, 0.5) is 5.69 Å². The Kier molecular flexibility index (Phi) is 7.62. The molecular formula is C28H36N2O2. The van der Waals surface area contributed by atoms with E-state index >= 15 is 0 Å². The molecule has 1 aliphatic heterocycles. The molecule has 1 aliphatic carbocycles. The third-order valence-corrected chi connectivity index (χ3v) is 6.85. The van der Waals surface area contributed by atoms with Gasteiger partial charge in [0.1, 0.15) is 0 Å². The predicted octanol–water partition coefficient (Wildman–Crippen LogP) is 5.66. The van der Waals surface area contributed by atoms with E-state index in [-0.39, 0.29) is 17.7 Å². The zero-order chi connectivity index (χ0) is 22.3. The summed E-state index contributed by atoms with van der Waals surface area (Å²) < 4.78 is 0. The second kappa shape index (κ2) is 10.8. The molecule has 0 atom stereocenters. The molecule has 0 bridgehead atoms. The number of para-hydroxylation sites is 1. The van der Waals surface area contributed by atoms with Gasteiger partial charge in [0.05, 0.1) is 6.42 Å². The number of carbonyl (C=O) groups excluding carboxylic acids is 2. The van der Waals surface area contributed by atoms with Crippen molar-refractivity contribution in [3.8, 4) is 0 Å². The molecule has 32 heavy (non-hydrogen) atoms. The van der Waals surface area contributed by atoms with E-state index in [4.69, 9.17) is 0 Å². The van der Waals surface area contributed by atoms with Gasteiger partial charge in [0.25, 0.3) is 0 Å². The van der Waals surface area contributed by atoms with E-state index in [0.717, 1.165) is 74.0 Å². The SMILES string of the molecule is Cc1ccccc1CC(=O)N1CCCCCCCCN(C(=O)C2CC2)c2ccccc2C1. The molecule has 1 fully saturated rings. The maximum Gasteiger partial charge on any atom is 0.230 e. The number of hydrogen-bond acceptors (Lipinski definition) is 2. The second-order valence-corrected chi connectivity index (χ2v) is 9.43. The molecule has 0 spiro atoms. The molecule has 170 valence electrons. The van der Waals surface area contributed by atoms with Crippen molar-refractivity contribution in [2.75, 3.05) is 18.0 Å². The first kappa shape index (κ1) is 22.6. The van der Waals surface area contributed by atoms with Gasteiger partial charge in [-0.3, -0.25) is 9.59 Å². The Hall–Kier alpha value is -2.62. The summed E-state index contributed by atoms with van der Waals surface area (Å²) in [5.74, 6) is 0.631. The minimum atomic E-state index is 0.170. The maximum absolute atomic E-state index is 13.4. The lowest BCUT2D eigenvalue weighted by atomic mass is 10.0. The van der Waals surface area contributed by atoms with Crippen LogP contribution in [-0.2, 0) is 22.6 Å². The molecule has 4 heteroatoms. The summed E-state index contributed by atoms with van der Waals surface area (Å²) >= 11 is 0. The van der Waals surface area contributed by atoms with Crippen LogP contribution in [0.5, 0.6) is 0 Å². The van der Waals surface area contributed by atoms with Crippen molar-refractivity contribution in [2.45, 2.75) is 71.3 Å². The first-order valence-electron chi connectivity index (χ1n) is 12.3. The van der Waals surface area contributed by atoms with Crippen LogP contribution in [0.3, 0.4) is 0 Å². The Balaban J connectivity index is 1.60. The molecular weight excluding hydrogens is 396 g/mol. The van der Waals surface area contributed by atoms with Gasteiger partial charge in [-0.05, 0) is 55.4 Å². The Labute approximate surface area is 192 Å². The van der Waals surface area contributed by atoms with Crippen molar-refractivity contribution in [3.05, 3.63) is 65.2 Å². The van der Waals surface area contributed by atoms with Gasteiger partial charge in [-0.15, -0.1) is 0 Å². The van der Waals surface area contributed by atoms with Gasteiger partial charge in [0.2, 0.25) is 11.8 Å². The van der Waals surface area contributed by atoms with Crippen LogP contribution in [-0.4, -0.2) is 29.8 Å². The fourth-order valence-corrected chi connectivity index (χ4v) is 4.67. The standard InChI is InChI=1S/C28H36N2O2/c1-22-12-6-7-13-24(22)20-27(31)29-18-10-4-2-3-5-11-19-30(28(32)23-16-17-23)26-15-9-8-14-25(26)21-29/h6-9,12-15,23H,2-5,10-11,16-21H2,1H3. The summed E-state index contributed by atoms with van der Waals surface area (Å²) in [5.41, 5.74) is 4.34. The first-order chi connectivity index (χ1) is 15.6. The van der Waals surface area contributed by atoms with E-state index < -0.39 is 0 Å². The number of amides is 2. The van der Waals surface area contributed by atoms with Crippen LogP contribution in [0.2, 0.25) is 0 Å². The zero-order valence-corrected chi connectivity index (χ0v) is 19.4. The fourth-order valence-electron chi connectivity index (χ4n) is 4.67. The van der Waals surface area contributed by atoms with E-state index in [1.807, 2.05) is 34.1 Å². The van der Waals surface area contributed by atoms with Gasteiger partial charge in [0, 0.05) is 31.2 Å². The lowest BCUT2D eigenvalue weighted by molar-refractivity contribution is -0.131. The topological polar surface area (TPSA) is 40.6 Å². The minimum Gasteiger partial charge on any atom is -0.338 e. The fraction of sp³-hybridized carbons (Fsp3) is 0.500. The minimum absolute atomic E-state index is 0.170. The summed E-state index contributed by atoms with van der Waals surface area (Å²) in [4.78, 5) is 30.6. The van der Waals surface area contributed by atoms with Crippen LogP contribution >= 0.6 is 0 Å². The maximum atomic E-state index is 13.4. The summed E-state index contributed by atoms with van der Waals surface area (Å²) in [5, 5.41) is 0. The molecule has 4 nitrogen and oxygen atoms in total. The van der Waals surface area contributed by atoms with Gasteiger partial charge in [-0.1, -0.05) is 68.1 Å². The Bertz CT molecular complexity index is 935. The van der Waals surface area contributed by atoms with Crippen molar-refractivity contribution < 1.29 is 9.59 Å².